The lowest BCUT2D eigenvalue weighted by Gasteiger charge is -2.63. The molecule has 1 saturated heterocycles. The molecular weight excluding hydrogens is 956 g/mol. The molecule has 1 unspecified atom stereocenters. The molecule has 1 aliphatic carbocycles. The second-order valence-corrected chi connectivity index (χ2v) is 22.4. The van der Waals surface area contributed by atoms with Gasteiger partial charge in [0.1, 0.15) is 42.4 Å². The van der Waals surface area contributed by atoms with Crippen LogP contribution in [0.1, 0.15) is 121 Å². The molecule has 15 nitrogen and oxygen atoms in total. The molecule has 1 aliphatic heterocycles. The minimum atomic E-state index is -0.957. The number of hydrogen-bond acceptors (Lipinski definition) is 12. The number of carbonyl (C=O) groups excluding carboxylic acids is 4. The number of aromatic nitrogens is 1. The fraction of sp³-hybridized carbons (Fsp3) is 0.527. The molecule has 3 aromatic carbocycles. The summed E-state index contributed by atoms with van der Waals surface area (Å²) in [7, 11) is 0. The molecule has 17 heteroatoms. The zero-order valence-corrected chi connectivity index (χ0v) is 44.6. The lowest BCUT2D eigenvalue weighted by Crippen LogP contribution is -2.74. The van der Waals surface area contributed by atoms with Crippen molar-refractivity contribution in [3.63, 3.8) is 0 Å². The van der Waals surface area contributed by atoms with Crippen molar-refractivity contribution in [1.29, 1.82) is 5.26 Å². The van der Waals surface area contributed by atoms with Crippen LogP contribution in [-0.4, -0.2) is 109 Å². The molecule has 1 saturated carbocycles. The molecule has 0 bridgehead atoms. The Kier molecular flexibility index (Phi) is 18.9. The first kappa shape index (κ1) is 55.7. The fourth-order valence-electron chi connectivity index (χ4n) is 9.93. The number of ether oxygens (including phenoxy) is 4. The first-order valence-electron chi connectivity index (χ1n) is 24.8. The van der Waals surface area contributed by atoms with Gasteiger partial charge in [-0.1, -0.05) is 84.3 Å². The number of rotatable bonds is 23. The maximum Gasteiger partial charge on any atom is 0.251 e. The Balaban J connectivity index is 0.825. The zero-order valence-electron chi connectivity index (χ0n) is 43.0. The van der Waals surface area contributed by atoms with Gasteiger partial charge in [0, 0.05) is 61.3 Å². The Morgan fingerprint density at radius 3 is 2.19 bits per heavy atom. The van der Waals surface area contributed by atoms with Crippen molar-refractivity contribution in [1.82, 2.24) is 25.8 Å². The zero-order chi connectivity index (χ0) is 52.4. The summed E-state index contributed by atoms with van der Waals surface area (Å²) in [5.74, 6) is -0.168. The quantitative estimate of drug-likeness (QED) is 0.0519. The SMILES string of the molecule is Cc1ncsc1-c1ccc(C(C)NC(=O)[C@@H]2C[C@@H](O)CN2C(=O)[C@@H](NC(=O)COCCCOCCCCCOc2ccc(C(=O)N[C@H]3C(C)(C)[C@H](Oc4ccc(C#N)c(Cl)c4)C3(C)C)cc2)C(C)(C)C)cc1. The number of halogens is 1. The van der Waals surface area contributed by atoms with E-state index in [2.05, 4.69) is 54.7 Å². The maximum absolute atomic E-state index is 14.0. The number of benzene rings is 3. The number of nitrogens with zero attached hydrogens (tertiary/aromatic N) is 3. The number of nitriles is 1. The monoisotopic (exact) mass is 1030 g/mol. The van der Waals surface area contributed by atoms with E-state index in [0.29, 0.717) is 60.5 Å². The molecular formula is C55H71ClN6O9S. The summed E-state index contributed by atoms with van der Waals surface area (Å²) in [5.41, 5.74) is 4.20. The largest absolute Gasteiger partial charge is 0.494 e. The van der Waals surface area contributed by atoms with Crippen molar-refractivity contribution >= 4 is 46.6 Å². The van der Waals surface area contributed by atoms with E-state index < -0.39 is 35.4 Å². The number of unbranched alkanes of at least 4 members (excludes halogenated alkanes) is 2. The number of β-amino-alcohol motifs (C(OH)–C–C–N with tert-alkyl or cyclic N) is 1. The van der Waals surface area contributed by atoms with Gasteiger partial charge in [-0.15, -0.1) is 11.3 Å². The van der Waals surface area contributed by atoms with E-state index in [1.807, 2.05) is 64.4 Å². The number of likely N-dealkylation sites (tertiary alicyclic amines) is 1. The second-order valence-electron chi connectivity index (χ2n) is 21.1. The van der Waals surface area contributed by atoms with E-state index in [1.54, 1.807) is 53.8 Å². The van der Waals surface area contributed by atoms with Crippen LogP contribution >= 0.6 is 22.9 Å². The van der Waals surface area contributed by atoms with Gasteiger partial charge in [0.15, 0.2) is 0 Å². The van der Waals surface area contributed by atoms with Crippen LogP contribution in [0.2, 0.25) is 5.02 Å². The Morgan fingerprint density at radius 2 is 1.56 bits per heavy atom. The lowest BCUT2D eigenvalue weighted by atomic mass is 9.49. The van der Waals surface area contributed by atoms with E-state index >= 15 is 0 Å². The summed E-state index contributed by atoms with van der Waals surface area (Å²) in [6.45, 7) is 19.3. The third kappa shape index (κ3) is 13.9. The predicted molar refractivity (Wildman–Crippen MR) is 278 cm³/mol. The van der Waals surface area contributed by atoms with Crippen molar-refractivity contribution in [2.45, 2.75) is 131 Å². The van der Waals surface area contributed by atoms with Crippen LogP contribution in [0.4, 0.5) is 0 Å². The molecule has 72 heavy (non-hydrogen) atoms. The van der Waals surface area contributed by atoms with Crippen molar-refractivity contribution in [3.05, 3.63) is 99.6 Å². The summed E-state index contributed by atoms with van der Waals surface area (Å²) in [5, 5.41) is 29.2. The van der Waals surface area contributed by atoms with Gasteiger partial charge in [-0.05, 0) is 92.5 Å². The van der Waals surface area contributed by atoms with Crippen LogP contribution in [0.3, 0.4) is 0 Å². The van der Waals surface area contributed by atoms with Crippen LogP contribution in [0.5, 0.6) is 11.5 Å². The number of amides is 4. The van der Waals surface area contributed by atoms with Gasteiger partial charge < -0.3 is 44.9 Å². The van der Waals surface area contributed by atoms with E-state index in [1.165, 1.54) is 4.90 Å². The Morgan fingerprint density at radius 1 is 0.903 bits per heavy atom. The first-order chi connectivity index (χ1) is 34.1. The highest BCUT2D eigenvalue weighted by Gasteiger charge is 2.64. The van der Waals surface area contributed by atoms with Crippen LogP contribution in [0.25, 0.3) is 10.4 Å². The maximum atomic E-state index is 14.0. The average molecular weight is 1030 g/mol. The topological polar surface area (TPSA) is 201 Å². The second kappa shape index (κ2) is 24.4. The molecule has 2 aliphatic rings. The smallest absolute Gasteiger partial charge is 0.251 e. The van der Waals surface area contributed by atoms with Crippen LogP contribution in [0.15, 0.2) is 72.2 Å². The van der Waals surface area contributed by atoms with Gasteiger partial charge in [0.05, 0.1) is 45.4 Å². The van der Waals surface area contributed by atoms with E-state index in [4.69, 9.17) is 30.5 Å². The number of nitrogens with one attached hydrogen (secondary N) is 3. The highest BCUT2D eigenvalue weighted by atomic mass is 35.5. The highest BCUT2D eigenvalue weighted by Crippen LogP contribution is 2.55. The number of aryl methyl sites for hydroxylation is 1. The van der Waals surface area contributed by atoms with Gasteiger partial charge in [-0.25, -0.2) is 4.98 Å². The third-order valence-electron chi connectivity index (χ3n) is 13.6. The third-order valence-corrected chi connectivity index (χ3v) is 14.9. The molecule has 2 heterocycles. The summed E-state index contributed by atoms with van der Waals surface area (Å²) >= 11 is 7.81. The Bertz CT molecular complexity index is 2520. The van der Waals surface area contributed by atoms with Gasteiger partial charge in [0.25, 0.3) is 5.91 Å². The normalized spacial score (nSPS) is 19.8. The molecule has 2 fully saturated rings. The van der Waals surface area contributed by atoms with Gasteiger partial charge in [0.2, 0.25) is 17.7 Å². The van der Waals surface area contributed by atoms with Crippen molar-refractivity contribution < 1.29 is 43.2 Å². The fourth-order valence-corrected chi connectivity index (χ4v) is 11.0. The van der Waals surface area contributed by atoms with Crippen molar-refractivity contribution in [3.8, 4) is 28.0 Å². The molecule has 4 atom stereocenters. The molecule has 0 radical (unpaired) electrons. The molecule has 0 spiro atoms. The van der Waals surface area contributed by atoms with Gasteiger partial charge >= 0.3 is 0 Å². The summed E-state index contributed by atoms with van der Waals surface area (Å²) in [4.78, 5) is 60.9. The van der Waals surface area contributed by atoms with Crippen molar-refractivity contribution in [2.24, 2.45) is 16.2 Å². The van der Waals surface area contributed by atoms with Crippen molar-refractivity contribution in [2.75, 3.05) is 39.6 Å². The molecule has 1 aromatic heterocycles. The van der Waals surface area contributed by atoms with Crippen LogP contribution < -0.4 is 25.4 Å². The lowest BCUT2D eigenvalue weighted by molar-refractivity contribution is -0.164. The van der Waals surface area contributed by atoms with Gasteiger partial charge in [-0.2, -0.15) is 5.26 Å². The summed E-state index contributed by atoms with van der Waals surface area (Å²) in [6, 6.07) is 19.8. The number of aliphatic hydroxyl groups is 1. The standard InChI is InChI=1S/C55H71ClN6O9S/c1-34(36-14-16-37(17-15-36)46-35(2)58-33-72-46)59-49(66)44-28-40(63)31-62(44)50(67)47(53(3,4)5)60-45(64)32-69-26-13-25-68-24-11-10-12-27-70-41-21-18-38(19-22-41)48(65)61-51-54(6,7)52(55(51,8)9)71-42-23-20-39(30-57)43(56)29-42/h14-23,29,33-34,40,44,47,51-52,63H,10-13,24-28,31-32H2,1-9H3,(H,59,66)(H,60,64)(H,61,65)/t34?,40-,44+,47-,51-,52-/m1/s1. The minimum absolute atomic E-state index is 0.0160. The van der Waals surface area contributed by atoms with Crippen LogP contribution in [0, 0.1) is 34.5 Å². The van der Waals surface area contributed by atoms with E-state index in [-0.39, 0.29) is 60.4 Å². The summed E-state index contributed by atoms with van der Waals surface area (Å²) < 4.78 is 23.7. The molecule has 4 N–H and O–H groups in total. The van der Waals surface area contributed by atoms with E-state index in [0.717, 1.165) is 41.0 Å². The molecule has 6 rings (SSSR count). The van der Waals surface area contributed by atoms with Gasteiger partial charge in [-0.3, -0.25) is 19.2 Å². The number of carbonyl (C=O) groups is 4. The molecule has 388 valence electrons. The van der Waals surface area contributed by atoms with E-state index in [9.17, 15) is 29.5 Å². The van der Waals surface area contributed by atoms with Crippen LogP contribution in [-0.2, 0) is 23.9 Å². The Labute approximate surface area is 433 Å². The predicted octanol–water partition coefficient (Wildman–Crippen LogP) is 8.60. The molecule has 4 aromatic rings. The average Bonchev–Trinajstić information content (AvgIpc) is 3.96. The highest BCUT2D eigenvalue weighted by molar-refractivity contribution is 7.13. The number of thiazole rings is 1. The first-order valence-corrected chi connectivity index (χ1v) is 26.0. The number of aliphatic hydroxyl groups excluding tert-OH is 1. The summed E-state index contributed by atoms with van der Waals surface area (Å²) in [6.07, 6.45) is 2.20. The Hall–Kier alpha value is -5.57. The minimum Gasteiger partial charge on any atom is -0.494 e. The molecule has 4 amide bonds. The number of hydrogen-bond donors (Lipinski definition) is 4.